The van der Waals surface area contributed by atoms with Gasteiger partial charge in [0.25, 0.3) is 5.91 Å². The standard InChI is InChI=1S/C16H20INO3/c1-11-5-2-3-8-14(11)18-15(19)10-21-16(20)12-6-4-7-13(17)9-12/h4,6-7,9,11,14H,2-3,5,8,10H2,1H3,(H,18,19). The van der Waals surface area contributed by atoms with E-state index in [0.717, 1.165) is 22.8 Å². The lowest BCUT2D eigenvalue weighted by Gasteiger charge is -2.29. The van der Waals surface area contributed by atoms with Crippen LogP contribution >= 0.6 is 22.6 Å². The predicted octanol–water partition coefficient (Wildman–Crippen LogP) is 3.14. The van der Waals surface area contributed by atoms with Crippen molar-refractivity contribution in [2.45, 2.75) is 38.6 Å². The van der Waals surface area contributed by atoms with Crippen molar-refractivity contribution in [2.24, 2.45) is 5.92 Å². The van der Waals surface area contributed by atoms with Gasteiger partial charge < -0.3 is 10.1 Å². The first-order valence-electron chi connectivity index (χ1n) is 7.28. The summed E-state index contributed by atoms with van der Waals surface area (Å²) in [6.07, 6.45) is 4.54. The maximum atomic E-state index is 11.9. The normalized spacial score (nSPS) is 21.6. The molecular weight excluding hydrogens is 381 g/mol. The van der Waals surface area contributed by atoms with Crippen molar-refractivity contribution in [1.29, 1.82) is 0 Å². The van der Waals surface area contributed by atoms with Gasteiger partial charge in [-0.25, -0.2) is 4.79 Å². The second kappa shape index (κ2) is 7.77. The van der Waals surface area contributed by atoms with Crippen LogP contribution in [0.15, 0.2) is 24.3 Å². The van der Waals surface area contributed by atoms with Crippen LogP contribution in [0, 0.1) is 9.49 Å². The third-order valence-corrected chi connectivity index (χ3v) is 4.52. The Morgan fingerprint density at radius 3 is 2.81 bits per heavy atom. The lowest BCUT2D eigenvalue weighted by molar-refractivity contribution is -0.125. The zero-order valence-electron chi connectivity index (χ0n) is 12.1. The Hall–Kier alpha value is -1.11. The Morgan fingerprint density at radius 2 is 2.10 bits per heavy atom. The molecule has 21 heavy (non-hydrogen) atoms. The fourth-order valence-electron chi connectivity index (χ4n) is 2.61. The van der Waals surface area contributed by atoms with Gasteiger partial charge in [-0.05, 0) is 59.5 Å². The molecule has 1 N–H and O–H groups in total. The Kier molecular flexibility index (Phi) is 6.02. The van der Waals surface area contributed by atoms with E-state index in [9.17, 15) is 9.59 Å². The van der Waals surface area contributed by atoms with E-state index in [1.54, 1.807) is 18.2 Å². The fraction of sp³-hybridized carbons (Fsp3) is 0.500. The number of hydrogen-bond acceptors (Lipinski definition) is 3. The molecule has 0 radical (unpaired) electrons. The van der Waals surface area contributed by atoms with Crippen LogP contribution in [0.25, 0.3) is 0 Å². The molecule has 2 atom stereocenters. The number of hydrogen-bond donors (Lipinski definition) is 1. The number of nitrogens with one attached hydrogen (secondary N) is 1. The van der Waals surface area contributed by atoms with Crippen molar-refractivity contribution < 1.29 is 14.3 Å². The Balaban J connectivity index is 1.79. The summed E-state index contributed by atoms with van der Waals surface area (Å²) in [5.74, 6) is -0.179. The van der Waals surface area contributed by atoms with E-state index >= 15 is 0 Å². The molecule has 1 aromatic rings. The molecule has 0 aromatic heterocycles. The van der Waals surface area contributed by atoms with Crippen LogP contribution < -0.4 is 5.32 Å². The number of esters is 1. The first-order valence-corrected chi connectivity index (χ1v) is 8.36. The van der Waals surface area contributed by atoms with Crippen molar-refractivity contribution >= 4 is 34.5 Å². The highest BCUT2D eigenvalue weighted by Gasteiger charge is 2.23. The molecule has 2 unspecified atom stereocenters. The van der Waals surface area contributed by atoms with Gasteiger partial charge in [0.2, 0.25) is 0 Å². The summed E-state index contributed by atoms with van der Waals surface area (Å²) >= 11 is 2.13. The Bertz CT molecular complexity index is 518. The molecule has 1 amide bonds. The highest BCUT2D eigenvalue weighted by atomic mass is 127. The first-order chi connectivity index (χ1) is 10.1. The summed E-state index contributed by atoms with van der Waals surface area (Å²) in [7, 11) is 0. The molecule has 2 rings (SSSR count). The molecule has 5 heteroatoms. The van der Waals surface area contributed by atoms with Crippen LogP contribution in [0.3, 0.4) is 0 Å². The van der Waals surface area contributed by atoms with Crippen LogP contribution in [-0.2, 0) is 9.53 Å². The van der Waals surface area contributed by atoms with Crippen LogP contribution in [0.2, 0.25) is 0 Å². The van der Waals surface area contributed by atoms with Gasteiger partial charge in [-0.2, -0.15) is 0 Å². The van der Waals surface area contributed by atoms with Crippen molar-refractivity contribution in [3.8, 4) is 0 Å². The van der Waals surface area contributed by atoms with Gasteiger partial charge in [-0.1, -0.05) is 25.8 Å². The summed E-state index contributed by atoms with van der Waals surface area (Å²) in [4.78, 5) is 23.7. The molecule has 0 saturated heterocycles. The van der Waals surface area contributed by atoms with Gasteiger partial charge in [0, 0.05) is 9.61 Å². The number of benzene rings is 1. The number of carbonyl (C=O) groups is 2. The predicted molar refractivity (Wildman–Crippen MR) is 89.0 cm³/mol. The molecule has 1 aromatic carbocycles. The molecule has 0 heterocycles. The second-order valence-electron chi connectivity index (χ2n) is 5.52. The van der Waals surface area contributed by atoms with E-state index in [0.29, 0.717) is 11.5 Å². The average molecular weight is 401 g/mol. The third-order valence-electron chi connectivity index (χ3n) is 3.85. The summed E-state index contributed by atoms with van der Waals surface area (Å²) in [5.41, 5.74) is 0.473. The largest absolute Gasteiger partial charge is 0.452 e. The van der Waals surface area contributed by atoms with Gasteiger partial charge >= 0.3 is 5.97 Å². The number of ether oxygens (including phenoxy) is 1. The lowest BCUT2D eigenvalue weighted by Crippen LogP contribution is -2.42. The topological polar surface area (TPSA) is 55.4 Å². The van der Waals surface area contributed by atoms with Crippen molar-refractivity contribution in [3.05, 3.63) is 33.4 Å². The van der Waals surface area contributed by atoms with E-state index in [1.807, 2.05) is 6.07 Å². The number of carbonyl (C=O) groups excluding carboxylic acids is 2. The van der Waals surface area contributed by atoms with Crippen molar-refractivity contribution in [3.63, 3.8) is 0 Å². The molecule has 1 saturated carbocycles. The van der Waals surface area contributed by atoms with Crippen LogP contribution in [0.1, 0.15) is 43.0 Å². The number of halogens is 1. The minimum absolute atomic E-state index is 0.211. The highest BCUT2D eigenvalue weighted by molar-refractivity contribution is 14.1. The molecular formula is C16H20INO3. The van der Waals surface area contributed by atoms with Gasteiger partial charge in [0.1, 0.15) is 0 Å². The molecule has 114 valence electrons. The van der Waals surface area contributed by atoms with E-state index in [-0.39, 0.29) is 18.6 Å². The lowest BCUT2D eigenvalue weighted by atomic mass is 9.86. The molecule has 1 aliphatic carbocycles. The summed E-state index contributed by atoms with van der Waals surface area (Å²) in [6.45, 7) is 1.94. The fourth-order valence-corrected chi connectivity index (χ4v) is 3.15. The summed E-state index contributed by atoms with van der Waals surface area (Å²) in [5, 5.41) is 2.97. The number of amides is 1. The van der Waals surface area contributed by atoms with E-state index < -0.39 is 5.97 Å². The van der Waals surface area contributed by atoms with E-state index in [2.05, 4.69) is 34.8 Å². The highest BCUT2D eigenvalue weighted by Crippen LogP contribution is 2.23. The van der Waals surface area contributed by atoms with Gasteiger partial charge in [0.15, 0.2) is 6.61 Å². The van der Waals surface area contributed by atoms with E-state index in [1.165, 1.54) is 6.42 Å². The molecule has 0 bridgehead atoms. The SMILES string of the molecule is CC1CCCCC1NC(=O)COC(=O)c1cccc(I)c1. The minimum Gasteiger partial charge on any atom is -0.452 e. The van der Waals surface area contributed by atoms with E-state index in [4.69, 9.17) is 4.74 Å². The maximum Gasteiger partial charge on any atom is 0.338 e. The Labute approximate surface area is 138 Å². The zero-order chi connectivity index (χ0) is 15.2. The Morgan fingerprint density at radius 1 is 1.33 bits per heavy atom. The van der Waals surface area contributed by atoms with Crippen molar-refractivity contribution in [1.82, 2.24) is 5.32 Å². The minimum atomic E-state index is -0.458. The molecule has 4 nitrogen and oxygen atoms in total. The second-order valence-corrected chi connectivity index (χ2v) is 6.77. The number of rotatable bonds is 4. The summed E-state index contributed by atoms with van der Waals surface area (Å²) in [6, 6.07) is 7.33. The quantitative estimate of drug-likeness (QED) is 0.623. The van der Waals surface area contributed by atoms with Gasteiger partial charge in [0.05, 0.1) is 5.56 Å². The molecule has 0 spiro atoms. The third kappa shape index (κ3) is 4.98. The smallest absolute Gasteiger partial charge is 0.338 e. The molecule has 1 fully saturated rings. The van der Waals surface area contributed by atoms with Gasteiger partial charge in [-0.15, -0.1) is 0 Å². The monoisotopic (exact) mass is 401 g/mol. The van der Waals surface area contributed by atoms with Crippen LogP contribution in [0.5, 0.6) is 0 Å². The summed E-state index contributed by atoms with van der Waals surface area (Å²) < 4.78 is 6.03. The van der Waals surface area contributed by atoms with Crippen molar-refractivity contribution in [2.75, 3.05) is 6.61 Å². The zero-order valence-corrected chi connectivity index (χ0v) is 14.3. The maximum absolute atomic E-state index is 11.9. The average Bonchev–Trinajstić information content (AvgIpc) is 2.47. The van der Waals surface area contributed by atoms with Crippen LogP contribution in [0.4, 0.5) is 0 Å². The molecule has 0 aliphatic heterocycles. The van der Waals surface area contributed by atoms with Crippen LogP contribution in [-0.4, -0.2) is 24.5 Å². The van der Waals surface area contributed by atoms with Gasteiger partial charge in [-0.3, -0.25) is 4.79 Å². The molecule has 1 aliphatic rings. The first kappa shape index (κ1) is 16.3.